The molecule has 0 unspecified atom stereocenters. The molecule has 3 rings (SSSR count). The molecule has 2 heterocycles. The van der Waals surface area contributed by atoms with Crippen LogP contribution in [0.1, 0.15) is 64.0 Å². The SMILES string of the molecule is CCC(CC)C(=O)N1[C@@H](c2ccccc2)[C@@H](C(=O)O)C[C@]12CCCCN(C)C2=O. The molecule has 2 fully saturated rings. The molecule has 1 spiro atoms. The van der Waals surface area contributed by atoms with E-state index in [2.05, 4.69) is 0 Å². The van der Waals surface area contributed by atoms with E-state index in [1.807, 2.05) is 44.2 Å². The number of carbonyl (C=O) groups excluding carboxylic acids is 2. The van der Waals surface area contributed by atoms with Crippen molar-refractivity contribution in [2.75, 3.05) is 13.6 Å². The van der Waals surface area contributed by atoms with Gasteiger partial charge in [0.1, 0.15) is 5.54 Å². The van der Waals surface area contributed by atoms with Gasteiger partial charge in [0.15, 0.2) is 0 Å². The van der Waals surface area contributed by atoms with Crippen LogP contribution in [0.5, 0.6) is 0 Å². The summed E-state index contributed by atoms with van der Waals surface area (Å²) in [6, 6.07) is 8.72. The van der Waals surface area contributed by atoms with E-state index in [0.29, 0.717) is 25.8 Å². The van der Waals surface area contributed by atoms with Crippen LogP contribution in [0, 0.1) is 11.8 Å². The van der Waals surface area contributed by atoms with Gasteiger partial charge in [-0.1, -0.05) is 44.2 Å². The first kappa shape index (κ1) is 21.3. The molecule has 2 aliphatic rings. The molecular weight excluding hydrogens is 368 g/mol. The first-order chi connectivity index (χ1) is 13.9. The van der Waals surface area contributed by atoms with Gasteiger partial charge < -0.3 is 14.9 Å². The molecule has 2 aliphatic heterocycles. The summed E-state index contributed by atoms with van der Waals surface area (Å²) in [6.07, 6.45) is 3.71. The van der Waals surface area contributed by atoms with Gasteiger partial charge in [-0.3, -0.25) is 14.4 Å². The Kier molecular flexibility index (Phi) is 6.30. The monoisotopic (exact) mass is 400 g/mol. The highest BCUT2D eigenvalue weighted by atomic mass is 16.4. The van der Waals surface area contributed by atoms with Crippen LogP contribution in [0.15, 0.2) is 30.3 Å². The third kappa shape index (κ3) is 3.65. The van der Waals surface area contributed by atoms with E-state index in [-0.39, 0.29) is 24.2 Å². The predicted molar refractivity (Wildman–Crippen MR) is 110 cm³/mol. The van der Waals surface area contributed by atoms with Crippen molar-refractivity contribution in [3.8, 4) is 0 Å². The standard InChI is InChI=1S/C23H32N2O4/c1-4-16(5-2)20(26)25-19(17-11-7-6-8-12-17)18(21(27)28)15-23(25)13-9-10-14-24(3)22(23)29/h6-8,11-12,16,18-19H,4-5,9-10,13-15H2,1-3H3,(H,27,28)/t18-,19-,23-/m0/s1. The molecule has 6 nitrogen and oxygen atoms in total. The van der Waals surface area contributed by atoms with Crippen molar-refractivity contribution >= 4 is 17.8 Å². The lowest BCUT2D eigenvalue weighted by molar-refractivity contribution is -0.155. The number of likely N-dealkylation sites (tertiary alicyclic amines) is 2. The first-order valence-corrected chi connectivity index (χ1v) is 10.7. The number of likely N-dealkylation sites (N-methyl/N-ethyl adjacent to an activating group) is 1. The van der Waals surface area contributed by atoms with Gasteiger partial charge in [0.05, 0.1) is 12.0 Å². The Morgan fingerprint density at radius 3 is 2.41 bits per heavy atom. The molecule has 1 N–H and O–H groups in total. The van der Waals surface area contributed by atoms with Crippen molar-refractivity contribution in [2.24, 2.45) is 11.8 Å². The number of amides is 2. The number of hydrogen-bond donors (Lipinski definition) is 1. The van der Waals surface area contributed by atoms with Crippen LogP contribution in [0.25, 0.3) is 0 Å². The maximum atomic E-state index is 13.8. The lowest BCUT2D eigenvalue weighted by atomic mass is 9.85. The van der Waals surface area contributed by atoms with Crippen LogP contribution < -0.4 is 0 Å². The van der Waals surface area contributed by atoms with Gasteiger partial charge in [-0.05, 0) is 44.1 Å². The second-order valence-electron chi connectivity index (χ2n) is 8.44. The summed E-state index contributed by atoms with van der Waals surface area (Å²) in [5.74, 6) is -2.16. The maximum absolute atomic E-state index is 13.8. The van der Waals surface area contributed by atoms with Crippen LogP contribution in [-0.2, 0) is 14.4 Å². The fourth-order valence-electron chi connectivity index (χ4n) is 5.20. The van der Waals surface area contributed by atoms with Crippen molar-refractivity contribution in [1.29, 1.82) is 0 Å². The minimum atomic E-state index is -1.07. The van der Waals surface area contributed by atoms with Gasteiger partial charge in [0, 0.05) is 19.5 Å². The summed E-state index contributed by atoms with van der Waals surface area (Å²) in [7, 11) is 1.76. The summed E-state index contributed by atoms with van der Waals surface area (Å²) in [5, 5.41) is 10.1. The fourth-order valence-corrected chi connectivity index (χ4v) is 5.20. The fraction of sp³-hybridized carbons (Fsp3) is 0.609. The average Bonchev–Trinajstić information content (AvgIpc) is 3.01. The van der Waals surface area contributed by atoms with Crippen LogP contribution in [0.2, 0.25) is 0 Å². The molecule has 0 aromatic heterocycles. The number of rotatable bonds is 5. The van der Waals surface area contributed by atoms with Crippen molar-refractivity contribution in [3.63, 3.8) is 0 Å². The van der Waals surface area contributed by atoms with Gasteiger partial charge in [0.2, 0.25) is 11.8 Å². The molecule has 0 aliphatic carbocycles. The van der Waals surface area contributed by atoms with E-state index in [1.165, 1.54) is 0 Å². The number of nitrogens with zero attached hydrogens (tertiary/aromatic N) is 2. The van der Waals surface area contributed by atoms with Gasteiger partial charge in [0.25, 0.3) is 0 Å². The minimum Gasteiger partial charge on any atom is -0.481 e. The highest BCUT2D eigenvalue weighted by Gasteiger charge is 2.61. The first-order valence-electron chi connectivity index (χ1n) is 10.7. The van der Waals surface area contributed by atoms with E-state index in [0.717, 1.165) is 18.4 Å². The normalized spacial score (nSPS) is 27.5. The minimum absolute atomic E-state index is 0.0868. The van der Waals surface area contributed by atoms with Crippen molar-refractivity contribution < 1.29 is 19.5 Å². The Morgan fingerprint density at radius 2 is 1.83 bits per heavy atom. The molecule has 2 amide bonds. The summed E-state index contributed by atoms with van der Waals surface area (Å²) >= 11 is 0. The average molecular weight is 401 g/mol. The quantitative estimate of drug-likeness (QED) is 0.821. The smallest absolute Gasteiger partial charge is 0.309 e. The van der Waals surface area contributed by atoms with E-state index in [9.17, 15) is 19.5 Å². The van der Waals surface area contributed by atoms with Crippen LogP contribution >= 0.6 is 0 Å². The largest absolute Gasteiger partial charge is 0.481 e. The second-order valence-corrected chi connectivity index (χ2v) is 8.44. The highest BCUT2D eigenvalue weighted by Crippen LogP contribution is 2.51. The van der Waals surface area contributed by atoms with Crippen molar-refractivity contribution in [1.82, 2.24) is 9.80 Å². The number of carbonyl (C=O) groups is 3. The topological polar surface area (TPSA) is 77.9 Å². The Labute approximate surface area is 172 Å². The molecule has 1 aromatic carbocycles. The Hall–Kier alpha value is -2.37. The maximum Gasteiger partial charge on any atom is 0.309 e. The zero-order valence-corrected chi connectivity index (χ0v) is 17.6. The Balaban J connectivity index is 2.20. The molecule has 29 heavy (non-hydrogen) atoms. The van der Waals surface area contributed by atoms with Crippen LogP contribution in [0.4, 0.5) is 0 Å². The third-order valence-corrected chi connectivity index (χ3v) is 6.79. The van der Waals surface area contributed by atoms with Crippen LogP contribution in [0.3, 0.4) is 0 Å². The summed E-state index contributed by atoms with van der Waals surface area (Å²) in [4.78, 5) is 43.0. The third-order valence-electron chi connectivity index (χ3n) is 6.79. The molecule has 158 valence electrons. The highest BCUT2D eigenvalue weighted by molar-refractivity contribution is 5.95. The zero-order chi connectivity index (χ0) is 21.2. The summed E-state index contributed by atoms with van der Waals surface area (Å²) in [6.45, 7) is 4.59. The molecule has 0 radical (unpaired) electrons. The molecule has 2 saturated heterocycles. The van der Waals surface area contributed by atoms with Gasteiger partial charge >= 0.3 is 5.97 Å². The van der Waals surface area contributed by atoms with Gasteiger partial charge in [-0.2, -0.15) is 0 Å². The molecule has 0 bridgehead atoms. The van der Waals surface area contributed by atoms with E-state index in [4.69, 9.17) is 0 Å². The summed E-state index contributed by atoms with van der Waals surface area (Å²) in [5.41, 5.74) is -0.287. The number of hydrogen-bond acceptors (Lipinski definition) is 3. The number of carboxylic acid groups (broad SMARTS) is 1. The van der Waals surface area contributed by atoms with Crippen LogP contribution in [-0.4, -0.2) is 51.8 Å². The lowest BCUT2D eigenvalue weighted by Gasteiger charge is -2.42. The Morgan fingerprint density at radius 1 is 1.17 bits per heavy atom. The number of aliphatic carboxylic acids is 1. The molecular formula is C23H32N2O4. The zero-order valence-electron chi connectivity index (χ0n) is 17.6. The Bertz CT molecular complexity index is 761. The molecule has 6 heteroatoms. The van der Waals surface area contributed by atoms with Gasteiger partial charge in [-0.25, -0.2) is 0 Å². The number of benzene rings is 1. The van der Waals surface area contributed by atoms with E-state index < -0.39 is 23.5 Å². The van der Waals surface area contributed by atoms with Gasteiger partial charge in [-0.15, -0.1) is 0 Å². The van der Waals surface area contributed by atoms with E-state index >= 15 is 0 Å². The summed E-state index contributed by atoms with van der Waals surface area (Å²) < 4.78 is 0. The van der Waals surface area contributed by atoms with Crippen molar-refractivity contribution in [3.05, 3.63) is 35.9 Å². The molecule has 3 atom stereocenters. The van der Waals surface area contributed by atoms with Crippen molar-refractivity contribution in [2.45, 2.75) is 64.0 Å². The molecule has 0 saturated carbocycles. The molecule has 1 aromatic rings. The lowest BCUT2D eigenvalue weighted by Crippen LogP contribution is -2.58. The number of carboxylic acids is 1. The predicted octanol–water partition coefficient (Wildman–Crippen LogP) is 3.48. The second kappa shape index (κ2) is 8.56. The van der Waals surface area contributed by atoms with E-state index in [1.54, 1.807) is 16.8 Å².